The van der Waals surface area contributed by atoms with Crippen molar-refractivity contribution in [3.05, 3.63) is 51.9 Å². The van der Waals surface area contributed by atoms with Gasteiger partial charge in [0.1, 0.15) is 11.3 Å². The third-order valence-corrected chi connectivity index (χ3v) is 5.56. The fourth-order valence-electron chi connectivity index (χ4n) is 3.98. The summed E-state index contributed by atoms with van der Waals surface area (Å²) in [5.41, 5.74) is 2.62. The molecule has 2 aromatic carbocycles. The van der Waals surface area contributed by atoms with Crippen molar-refractivity contribution in [1.29, 1.82) is 0 Å². The SMILES string of the molecule is Cc1c(-c2ccc3c(c2)OCO3)c(=O)oc2c(CN3CCOCC3)c(O)ccc12. The topological polar surface area (TPSA) is 81.4 Å². The number of ether oxygens (including phenoxy) is 3. The van der Waals surface area contributed by atoms with Crippen molar-refractivity contribution in [2.75, 3.05) is 33.1 Å². The second-order valence-electron chi connectivity index (χ2n) is 7.29. The van der Waals surface area contributed by atoms with Crippen molar-refractivity contribution in [2.24, 2.45) is 0 Å². The summed E-state index contributed by atoms with van der Waals surface area (Å²) in [6, 6.07) is 8.87. The average molecular weight is 395 g/mol. The van der Waals surface area contributed by atoms with Crippen LogP contribution in [0.5, 0.6) is 17.2 Å². The Morgan fingerprint density at radius 2 is 1.86 bits per heavy atom. The maximum absolute atomic E-state index is 13.0. The minimum Gasteiger partial charge on any atom is -0.507 e. The standard InChI is InChI=1S/C22H21NO6/c1-13-15-3-4-17(24)16(11-23-6-8-26-9-7-23)21(15)29-22(25)20(13)14-2-5-18-19(10-14)28-12-27-18/h2-5,10,24H,6-9,11-12H2,1H3. The highest BCUT2D eigenvalue weighted by atomic mass is 16.7. The zero-order valence-corrected chi connectivity index (χ0v) is 16.1. The second-order valence-corrected chi connectivity index (χ2v) is 7.29. The molecule has 3 heterocycles. The quantitative estimate of drug-likeness (QED) is 0.683. The van der Waals surface area contributed by atoms with Crippen molar-refractivity contribution < 1.29 is 23.7 Å². The number of hydrogen-bond donors (Lipinski definition) is 1. The van der Waals surface area contributed by atoms with E-state index in [4.69, 9.17) is 18.6 Å². The van der Waals surface area contributed by atoms with Gasteiger partial charge >= 0.3 is 5.63 Å². The van der Waals surface area contributed by atoms with Gasteiger partial charge in [-0.25, -0.2) is 4.79 Å². The predicted octanol–water partition coefficient (Wildman–Crippen LogP) is 3.03. The van der Waals surface area contributed by atoms with E-state index in [1.54, 1.807) is 24.3 Å². The van der Waals surface area contributed by atoms with Crippen LogP contribution in [0.1, 0.15) is 11.1 Å². The number of fused-ring (bicyclic) bond motifs is 2. The van der Waals surface area contributed by atoms with Gasteiger partial charge in [-0.15, -0.1) is 0 Å². The van der Waals surface area contributed by atoms with Crippen LogP contribution in [0.2, 0.25) is 0 Å². The monoisotopic (exact) mass is 395 g/mol. The minimum atomic E-state index is -0.442. The molecule has 1 fully saturated rings. The van der Waals surface area contributed by atoms with Gasteiger partial charge in [-0.3, -0.25) is 4.90 Å². The van der Waals surface area contributed by atoms with Crippen molar-refractivity contribution in [2.45, 2.75) is 13.5 Å². The summed E-state index contributed by atoms with van der Waals surface area (Å²) in [6.07, 6.45) is 0. The highest BCUT2D eigenvalue weighted by Gasteiger charge is 2.22. The Labute approximate surface area is 167 Å². The minimum absolute atomic E-state index is 0.127. The van der Waals surface area contributed by atoms with Crippen LogP contribution in [0.15, 0.2) is 39.5 Å². The lowest BCUT2D eigenvalue weighted by Gasteiger charge is -2.27. The maximum Gasteiger partial charge on any atom is 0.344 e. The second kappa shape index (κ2) is 7.09. The molecule has 5 rings (SSSR count). The molecular formula is C22H21NO6. The molecule has 7 heteroatoms. The summed E-state index contributed by atoms with van der Waals surface area (Å²) < 4.78 is 21.9. The van der Waals surface area contributed by atoms with Crippen molar-refractivity contribution in [1.82, 2.24) is 4.90 Å². The van der Waals surface area contributed by atoms with Crippen molar-refractivity contribution >= 4 is 11.0 Å². The lowest BCUT2D eigenvalue weighted by Crippen LogP contribution is -2.35. The molecule has 1 aromatic heterocycles. The Morgan fingerprint density at radius 3 is 2.69 bits per heavy atom. The first-order valence-electron chi connectivity index (χ1n) is 9.60. The van der Waals surface area contributed by atoms with Gasteiger partial charge in [-0.2, -0.15) is 0 Å². The number of aromatic hydroxyl groups is 1. The Bertz CT molecular complexity index is 1150. The Kier molecular flexibility index (Phi) is 4.41. The van der Waals surface area contributed by atoms with Crippen molar-refractivity contribution in [3.63, 3.8) is 0 Å². The fraction of sp³-hybridized carbons (Fsp3) is 0.318. The van der Waals surface area contributed by atoms with Crippen LogP contribution in [0.4, 0.5) is 0 Å². The molecule has 2 aliphatic heterocycles. The van der Waals surface area contributed by atoms with Crippen LogP contribution in [-0.2, 0) is 11.3 Å². The molecule has 2 aliphatic rings. The molecular weight excluding hydrogens is 374 g/mol. The number of rotatable bonds is 3. The van der Waals surface area contributed by atoms with E-state index in [1.807, 2.05) is 13.0 Å². The molecule has 0 radical (unpaired) electrons. The molecule has 0 spiro atoms. The number of phenols is 1. The zero-order chi connectivity index (χ0) is 20.0. The summed E-state index contributed by atoms with van der Waals surface area (Å²) >= 11 is 0. The van der Waals surface area contributed by atoms with Gasteiger partial charge < -0.3 is 23.7 Å². The van der Waals surface area contributed by atoms with Crippen LogP contribution in [0.3, 0.4) is 0 Å². The number of phenolic OH excluding ortho intramolecular Hbond substituents is 1. The largest absolute Gasteiger partial charge is 0.507 e. The summed E-state index contributed by atoms with van der Waals surface area (Å²) in [7, 11) is 0. The number of hydrogen-bond acceptors (Lipinski definition) is 7. The van der Waals surface area contributed by atoms with Gasteiger partial charge in [0.05, 0.1) is 24.3 Å². The van der Waals surface area contributed by atoms with E-state index in [0.717, 1.165) is 24.0 Å². The summed E-state index contributed by atoms with van der Waals surface area (Å²) in [5, 5.41) is 11.3. The Morgan fingerprint density at radius 1 is 1.07 bits per heavy atom. The summed E-state index contributed by atoms with van der Waals surface area (Å²) in [5.74, 6) is 1.40. The summed E-state index contributed by atoms with van der Waals surface area (Å²) in [4.78, 5) is 15.1. The highest BCUT2D eigenvalue weighted by Crippen LogP contribution is 2.38. The van der Waals surface area contributed by atoms with Gasteiger partial charge in [-0.1, -0.05) is 6.07 Å². The van der Waals surface area contributed by atoms with Gasteiger partial charge in [-0.05, 0) is 42.3 Å². The van der Waals surface area contributed by atoms with E-state index in [2.05, 4.69) is 4.90 Å². The number of benzene rings is 2. The first-order chi connectivity index (χ1) is 14.1. The molecule has 3 aromatic rings. The number of nitrogens with zero attached hydrogens (tertiary/aromatic N) is 1. The first kappa shape index (κ1) is 18.0. The molecule has 0 aliphatic carbocycles. The molecule has 29 heavy (non-hydrogen) atoms. The van der Waals surface area contributed by atoms with Gasteiger partial charge in [0.2, 0.25) is 6.79 Å². The number of aryl methyl sites for hydroxylation is 1. The molecule has 0 saturated carbocycles. The van der Waals surface area contributed by atoms with Gasteiger partial charge in [0.15, 0.2) is 11.5 Å². The van der Waals surface area contributed by atoms with E-state index < -0.39 is 5.63 Å². The molecule has 0 amide bonds. The van der Waals surface area contributed by atoms with Gasteiger partial charge in [0.25, 0.3) is 0 Å². The third kappa shape index (κ3) is 3.12. The Hall–Kier alpha value is -3.03. The van der Waals surface area contributed by atoms with E-state index in [1.165, 1.54) is 0 Å². The zero-order valence-electron chi connectivity index (χ0n) is 16.1. The lowest BCUT2D eigenvalue weighted by molar-refractivity contribution is 0.0339. The molecule has 7 nitrogen and oxygen atoms in total. The predicted molar refractivity (Wildman–Crippen MR) is 107 cm³/mol. The fourth-order valence-corrected chi connectivity index (χ4v) is 3.98. The van der Waals surface area contributed by atoms with Crippen LogP contribution < -0.4 is 15.1 Å². The molecule has 0 bridgehead atoms. The van der Waals surface area contributed by atoms with Crippen LogP contribution in [0.25, 0.3) is 22.1 Å². The maximum atomic E-state index is 13.0. The highest BCUT2D eigenvalue weighted by molar-refractivity contribution is 5.90. The van der Waals surface area contributed by atoms with Crippen LogP contribution in [0, 0.1) is 6.92 Å². The van der Waals surface area contributed by atoms with Crippen LogP contribution in [-0.4, -0.2) is 43.1 Å². The normalized spacial score (nSPS) is 16.4. The summed E-state index contributed by atoms with van der Waals surface area (Å²) in [6.45, 7) is 5.43. The van der Waals surface area contributed by atoms with E-state index in [-0.39, 0.29) is 12.5 Å². The van der Waals surface area contributed by atoms with E-state index in [9.17, 15) is 9.90 Å². The molecule has 1 saturated heterocycles. The van der Waals surface area contributed by atoms with E-state index >= 15 is 0 Å². The average Bonchev–Trinajstić information content (AvgIpc) is 3.19. The van der Waals surface area contributed by atoms with Crippen molar-refractivity contribution in [3.8, 4) is 28.4 Å². The lowest BCUT2D eigenvalue weighted by atomic mass is 9.97. The molecule has 0 atom stereocenters. The van der Waals surface area contributed by atoms with Crippen LogP contribution >= 0.6 is 0 Å². The van der Waals surface area contributed by atoms with E-state index in [0.29, 0.717) is 53.5 Å². The first-order valence-corrected chi connectivity index (χ1v) is 9.60. The molecule has 0 unspecified atom stereocenters. The molecule has 1 N–H and O–H groups in total. The molecule has 150 valence electrons. The smallest absolute Gasteiger partial charge is 0.344 e. The number of morpholine rings is 1. The Balaban J connectivity index is 1.63. The van der Waals surface area contributed by atoms with Gasteiger partial charge in [0, 0.05) is 25.0 Å². The third-order valence-electron chi connectivity index (χ3n) is 5.56.